The van der Waals surface area contributed by atoms with Crippen molar-refractivity contribution in [1.82, 2.24) is 14.8 Å². The molecule has 8 heteroatoms. The quantitative estimate of drug-likeness (QED) is 0.894. The zero-order valence-electron chi connectivity index (χ0n) is 9.75. The van der Waals surface area contributed by atoms with Crippen LogP contribution in [0.15, 0.2) is 23.4 Å². The van der Waals surface area contributed by atoms with Gasteiger partial charge in [-0.15, -0.1) is 10.2 Å². The minimum Gasteiger partial charge on any atom is -0.300 e. The van der Waals surface area contributed by atoms with Crippen LogP contribution in [0.2, 0.25) is 5.02 Å². The minimum absolute atomic E-state index is 0.281. The summed E-state index contributed by atoms with van der Waals surface area (Å²) >= 11 is 6.01. The highest BCUT2D eigenvalue weighted by molar-refractivity contribution is 7.89. The Morgan fingerprint density at radius 1 is 1.33 bits per heavy atom. The number of benzene rings is 1. The molecule has 0 saturated carbocycles. The largest absolute Gasteiger partial charge is 0.300 e. The van der Waals surface area contributed by atoms with Crippen molar-refractivity contribution in [1.29, 1.82) is 0 Å². The maximum absolute atomic E-state index is 11.3. The Morgan fingerprint density at radius 3 is 2.56 bits per heavy atom. The van der Waals surface area contributed by atoms with Gasteiger partial charge in [-0.05, 0) is 18.6 Å². The molecule has 0 bridgehead atoms. The summed E-state index contributed by atoms with van der Waals surface area (Å²) < 4.78 is 23.9. The molecule has 6 nitrogen and oxygen atoms in total. The average Bonchev–Trinajstić information content (AvgIpc) is 2.64. The molecule has 18 heavy (non-hydrogen) atoms. The summed E-state index contributed by atoms with van der Waals surface area (Å²) in [6.45, 7) is 1.82. The summed E-state index contributed by atoms with van der Waals surface area (Å²) in [4.78, 5) is 0. The van der Waals surface area contributed by atoms with Crippen molar-refractivity contribution < 1.29 is 8.42 Å². The number of halogens is 1. The van der Waals surface area contributed by atoms with E-state index in [4.69, 9.17) is 16.7 Å². The fraction of sp³-hybridized carbons (Fsp3) is 0.200. The molecular weight excluding hydrogens is 276 g/mol. The second-order valence-electron chi connectivity index (χ2n) is 3.82. The van der Waals surface area contributed by atoms with Crippen molar-refractivity contribution in [3.8, 4) is 11.4 Å². The van der Waals surface area contributed by atoms with E-state index < -0.39 is 10.0 Å². The molecule has 1 aromatic carbocycles. The van der Waals surface area contributed by atoms with E-state index in [1.165, 1.54) is 11.6 Å². The second-order valence-corrected chi connectivity index (χ2v) is 5.68. The molecular formula is C10H11ClN4O2S. The molecule has 0 saturated heterocycles. The Kier molecular flexibility index (Phi) is 3.14. The van der Waals surface area contributed by atoms with Gasteiger partial charge < -0.3 is 0 Å². The van der Waals surface area contributed by atoms with Crippen molar-refractivity contribution in [3.05, 3.63) is 28.8 Å². The second kappa shape index (κ2) is 4.34. The van der Waals surface area contributed by atoms with E-state index >= 15 is 0 Å². The lowest BCUT2D eigenvalue weighted by molar-refractivity contribution is 0.580. The fourth-order valence-electron chi connectivity index (χ4n) is 1.65. The summed E-state index contributed by atoms with van der Waals surface area (Å²) in [6, 6.07) is 5.30. The van der Waals surface area contributed by atoms with Crippen LogP contribution in [0.25, 0.3) is 11.4 Å². The third kappa shape index (κ3) is 2.12. The predicted molar refractivity (Wildman–Crippen MR) is 67.6 cm³/mol. The fourth-order valence-corrected chi connectivity index (χ4v) is 2.44. The zero-order valence-corrected chi connectivity index (χ0v) is 11.3. The first kappa shape index (κ1) is 13.0. The molecule has 2 rings (SSSR count). The third-order valence-electron chi connectivity index (χ3n) is 2.60. The van der Waals surface area contributed by atoms with Crippen LogP contribution in [0.4, 0.5) is 0 Å². The van der Waals surface area contributed by atoms with Gasteiger partial charge in [0.1, 0.15) is 0 Å². The number of nitrogens with zero attached hydrogens (tertiary/aromatic N) is 3. The highest BCUT2D eigenvalue weighted by Gasteiger charge is 2.20. The molecule has 96 valence electrons. The van der Waals surface area contributed by atoms with Crippen LogP contribution in [0.1, 0.15) is 5.56 Å². The van der Waals surface area contributed by atoms with Crippen molar-refractivity contribution in [2.45, 2.75) is 12.1 Å². The molecule has 0 aliphatic rings. The van der Waals surface area contributed by atoms with Crippen LogP contribution in [0.3, 0.4) is 0 Å². The standard InChI is InChI=1S/C10H11ClN4O2S/c1-6-7(4-3-5-8(6)11)9-13-14-10(15(9)2)18(12,16)17/h3-5H,1-2H3,(H2,12,16,17). The van der Waals surface area contributed by atoms with E-state index in [-0.39, 0.29) is 5.16 Å². The van der Waals surface area contributed by atoms with Crippen LogP contribution < -0.4 is 5.14 Å². The Morgan fingerprint density at radius 2 is 2.00 bits per heavy atom. The van der Waals surface area contributed by atoms with E-state index in [9.17, 15) is 8.42 Å². The first-order chi connectivity index (χ1) is 8.32. The number of nitrogens with two attached hydrogens (primary N) is 1. The maximum atomic E-state index is 11.3. The number of aromatic nitrogens is 3. The number of hydrogen-bond acceptors (Lipinski definition) is 4. The number of rotatable bonds is 2. The monoisotopic (exact) mass is 286 g/mol. The topological polar surface area (TPSA) is 90.9 Å². The van der Waals surface area contributed by atoms with E-state index in [0.29, 0.717) is 16.4 Å². The molecule has 1 heterocycles. The molecule has 0 unspecified atom stereocenters. The smallest absolute Gasteiger partial charge is 0.273 e. The average molecular weight is 287 g/mol. The number of primary sulfonamides is 1. The summed E-state index contributed by atoms with van der Waals surface area (Å²) in [7, 11) is -2.35. The van der Waals surface area contributed by atoms with Crippen molar-refractivity contribution in [2.24, 2.45) is 12.2 Å². The van der Waals surface area contributed by atoms with Gasteiger partial charge in [-0.3, -0.25) is 4.57 Å². The van der Waals surface area contributed by atoms with Gasteiger partial charge in [0.2, 0.25) is 0 Å². The van der Waals surface area contributed by atoms with E-state index in [0.717, 1.165) is 5.56 Å². The van der Waals surface area contributed by atoms with E-state index in [1.807, 2.05) is 6.92 Å². The van der Waals surface area contributed by atoms with Gasteiger partial charge in [-0.1, -0.05) is 23.7 Å². The molecule has 0 amide bonds. The molecule has 2 N–H and O–H groups in total. The summed E-state index contributed by atoms with van der Waals surface area (Å²) in [5.41, 5.74) is 1.52. The van der Waals surface area contributed by atoms with Gasteiger partial charge in [0, 0.05) is 17.6 Å². The maximum Gasteiger partial charge on any atom is 0.273 e. The van der Waals surface area contributed by atoms with E-state index in [2.05, 4.69) is 10.2 Å². The van der Waals surface area contributed by atoms with Crippen molar-refractivity contribution in [3.63, 3.8) is 0 Å². The minimum atomic E-state index is -3.89. The first-order valence-corrected chi connectivity index (χ1v) is 6.92. The molecule has 0 fully saturated rings. The third-order valence-corrected chi connectivity index (χ3v) is 3.87. The highest BCUT2D eigenvalue weighted by Crippen LogP contribution is 2.27. The van der Waals surface area contributed by atoms with Crippen LogP contribution >= 0.6 is 11.6 Å². The zero-order chi connectivity index (χ0) is 13.5. The molecule has 0 atom stereocenters. The van der Waals surface area contributed by atoms with Crippen molar-refractivity contribution in [2.75, 3.05) is 0 Å². The summed E-state index contributed by atoms with van der Waals surface area (Å²) in [5, 5.41) is 12.8. The lowest BCUT2D eigenvalue weighted by Gasteiger charge is -2.07. The van der Waals surface area contributed by atoms with Crippen LogP contribution in [-0.2, 0) is 17.1 Å². The van der Waals surface area contributed by atoms with Gasteiger partial charge in [-0.2, -0.15) is 0 Å². The van der Waals surface area contributed by atoms with Gasteiger partial charge in [0.15, 0.2) is 5.82 Å². The number of hydrogen-bond donors (Lipinski definition) is 1. The van der Waals surface area contributed by atoms with Gasteiger partial charge in [-0.25, -0.2) is 13.6 Å². The Labute approximate surface area is 109 Å². The lowest BCUT2D eigenvalue weighted by Crippen LogP contribution is -2.17. The van der Waals surface area contributed by atoms with Crippen LogP contribution in [0, 0.1) is 6.92 Å². The Hall–Kier alpha value is -1.44. The van der Waals surface area contributed by atoms with Crippen LogP contribution in [0.5, 0.6) is 0 Å². The molecule has 0 radical (unpaired) electrons. The molecule has 2 aromatic rings. The molecule has 0 aliphatic heterocycles. The van der Waals surface area contributed by atoms with Crippen molar-refractivity contribution >= 4 is 21.6 Å². The normalized spacial score (nSPS) is 11.8. The van der Waals surface area contributed by atoms with Gasteiger partial charge in [0.25, 0.3) is 15.2 Å². The lowest BCUT2D eigenvalue weighted by atomic mass is 10.1. The Balaban J connectivity index is 2.67. The molecule has 1 aromatic heterocycles. The van der Waals surface area contributed by atoms with Gasteiger partial charge in [0.05, 0.1) is 0 Å². The molecule has 0 spiro atoms. The first-order valence-electron chi connectivity index (χ1n) is 5.00. The SMILES string of the molecule is Cc1c(Cl)cccc1-c1nnc(S(N)(=O)=O)n1C. The molecule has 0 aliphatic carbocycles. The van der Waals surface area contributed by atoms with E-state index in [1.54, 1.807) is 18.2 Å². The Bertz CT molecular complexity index is 709. The van der Waals surface area contributed by atoms with Gasteiger partial charge >= 0.3 is 0 Å². The summed E-state index contributed by atoms with van der Waals surface area (Å²) in [6.07, 6.45) is 0. The predicted octanol–water partition coefficient (Wildman–Crippen LogP) is 1.09. The number of sulfonamides is 1. The van der Waals surface area contributed by atoms with Crippen LogP contribution in [-0.4, -0.2) is 23.2 Å². The highest BCUT2D eigenvalue weighted by atomic mass is 35.5. The summed E-state index contributed by atoms with van der Waals surface area (Å²) in [5.74, 6) is 0.402.